The normalized spacial score (nSPS) is 11.7. The van der Waals surface area contributed by atoms with Crippen molar-refractivity contribution in [2.75, 3.05) is 5.32 Å². The predicted octanol–water partition coefficient (Wildman–Crippen LogP) is 5.20. The lowest BCUT2D eigenvalue weighted by atomic mass is 10.1. The van der Waals surface area contributed by atoms with Crippen molar-refractivity contribution in [1.82, 2.24) is 10.3 Å². The number of fused-ring (bicyclic) bond motifs is 1. The number of nitro benzene ring substituents is 1. The highest BCUT2D eigenvalue weighted by Crippen LogP contribution is 2.40. The van der Waals surface area contributed by atoms with E-state index in [0.717, 1.165) is 24.3 Å². The standard InChI is InChI=1S/C13H5Cl2F3N4O3/c14-6-2-1-5(13(16,17)18)3-8(6)19-9-4-7(15)10-11(21-25-20-10)12(9)22(23)24/h1-4,19H. The molecule has 0 saturated carbocycles. The van der Waals surface area contributed by atoms with Gasteiger partial charge in [-0.1, -0.05) is 23.2 Å². The number of benzene rings is 2. The molecule has 2 aromatic carbocycles. The van der Waals surface area contributed by atoms with Gasteiger partial charge in [-0.2, -0.15) is 13.2 Å². The number of rotatable bonds is 3. The Morgan fingerprint density at radius 2 is 1.76 bits per heavy atom. The van der Waals surface area contributed by atoms with E-state index in [0.29, 0.717) is 0 Å². The number of nitro groups is 1. The molecule has 0 aliphatic rings. The van der Waals surface area contributed by atoms with Crippen LogP contribution in [-0.2, 0) is 6.18 Å². The van der Waals surface area contributed by atoms with Crippen molar-refractivity contribution in [2.45, 2.75) is 6.18 Å². The highest BCUT2D eigenvalue weighted by Gasteiger charge is 2.31. The molecule has 25 heavy (non-hydrogen) atoms. The first kappa shape index (κ1) is 17.2. The molecular formula is C13H5Cl2F3N4O3. The third-order valence-corrected chi connectivity index (χ3v) is 3.83. The summed E-state index contributed by atoms with van der Waals surface area (Å²) in [6.45, 7) is 0. The maximum atomic E-state index is 12.8. The van der Waals surface area contributed by atoms with E-state index < -0.39 is 22.4 Å². The van der Waals surface area contributed by atoms with Gasteiger partial charge in [0.05, 0.1) is 26.2 Å². The molecule has 0 radical (unpaired) electrons. The molecule has 0 aliphatic carbocycles. The first-order valence-corrected chi connectivity index (χ1v) is 7.17. The largest absolute Gasteiger partial charge is 0.416 e. The number of anilines is 2. The van der Waals surface area contributed by atoms with Gasteiger partial charge in [0.15, 0.2) is 5.52 Å². The number of nitrogens with one attached hydrogen (secondary N) is 1. The Bertz CT molecular complexity index is 991. The van der Waals surface area contributed by atoms with Gasteiger partial charge in [0, 0.05) is 0 Å². The fourth-order valence-corrected chi connectivity index (χ4v) is 2.51. The van der Waals surface area contributed by atoms with E-state index in [9.17, 15) is 23.3 Å². The third kappa shape index (κ3) is 3.17. The van der Waals surface area contributed by atoms with Crippen molar-refractivity contribution >= 4 is 51.3 Å². The lowest BCUT2D eigenvalue weighted by Crippen LogP contribution is -2.06. The average molecular weight is 393 g/mol. The monoisotopic (exact) mass is 392 g/mol. The summed E-state index contributed by atoms with van der Waals surface area (Å²) in [5, 5.41) is 20.6. The van der Waals surface area contributed by atoms with Crippen molar-refractivity contribution in [3.63, 3.8) is 0 Å². The van der Waals surface area contributed by atoms with Gasteiger partial charge in [-0.3, -0.25) is 10.1 Å². The third-order valence-electron chi connectivity index (χ3n) is 3.21. The maximum Gasteiger partial charge on any atom is 0.416 e. The van der Waals surface area contributed by atoms with Gasteiger partial charge in [0.25, 0.3) is 0 Å². The molecule has 130 valence electrons. The van der Waals surface area contributed by atoms with E-state index in [1.54, 1.807) is 0 Å². The summed E-state index contributed by atoms with van der Waals surface area (Å²) in [6.07, 6.45) is -4.61. The summed E-state index contributed by atoms with van der Waals surface area (Å²) in [4.78, 5) is 10.6. The molecule has 12 heteroatoms. The first-order valence-electron chi connectivity index (χ1n) is 6.41. The van der Waals surface area contributed by atoms with Crippen molar-refractivity contribution in [3.8, 4) is 0 Å². The molecule has 3 rings (SSSR count). The van der Waals surface area contributed by atoms with Crippen LogP contribution in [0, 0.1) is 10.1 Å². The lowest BCUT2D eigenvalue weighted by molar-refractivity contribution is -0.382. The molecule has 0 unspecified atom stereocenters. The van der Waals surface area contributed by atoms with Crippen LogP contribution in [0.3, 0.4) is 0 Å². The van der Waals surface area contributed by atoms with Crippen molar-refractivity contribution in [3.05, 3.63) is 50.0 Å². The Hall–Kier alpha value is -2.59. The van der Waals surface area contributed by atoms with Crippen molar-refractivity contribution in [2.24, 2.45) is 0 Å². The minimum atomic E-state index is -4.61. The van der Waals surface area contributed by atoms with E-state index in [2.05, 4.69) is 20.3 Å². The van der Waals surface area contributed by atoms with E-state index in [-0.39, 0.29) is 32.5 Å². The molecule has 1 aromatic heterocycles. The molecule has 0 fully saturated rings. The van der Waals surface area contributed by atoms with Gasteiger partial charge < -0.3 is 5.32 Å². The Kier molecular flexibility index (Phi) is 4.17. The molecule has 1 N–H and O–H groups in total. The second-order valence-corrected chi connectivity index (χ2v) is 5.60. The van der Waals surface area contributed by atoms with Gasteiger partial charge in [-0.15, -0.1) is 0 Å². The van der Waals surface area contributed by atoms with Crippen molar-refractivity contribution in [1.29, 1.82) is 0 Å². The zero-order valence-electron chi connectivity index (χ0n) is 11.8. The van der Waals surface area contributed by atoms with E-state index in [4.69, 9.17) is 23.2 Å². The first-order chi connectivity index (χ1) is 11.7. The van der Waals surface area contributed by atoms with E-state index in [1.807, 2.05) is 0 Å². The number of aromatic nitrogens is 2. The van der Waals surface area contributed by atoms with Gasteiger partial charge >= 0.3 is 11.9 Å². The fraction of sp³-hybridized carbons (Fsp3) is 0.0769. The van der Waals surface area contributed by atoms with Crippen LogP contribution in [0.5, 0.6) is 0 Å². The van der Waals surface area contributed by atoms with Crippen LogP contribution in [0.25, 0.3) is 11.0 Å². The minimum Gasteiger partial charge on any atom is -0.349 e. The second kappa shape index (κ2) is 6.05. The number of hydrogen-bond acceptors (Lipinski definition) is 6. The molecule has 0 saturated heterocycles. The van der Waals surface area contributed by atoms with Gasteiger partial charge in [0.2, 0.25) is 5.52 Å². The summed E-state index contributed by atoms with van der Waals surface area (Å²) in [5.41, 5.74) is -2.23. The van der Waals surface area contributed by atoms with Crippen LogP contribution >= 0.6 is 23.2 Å². The zero-order valence-corrected chi connectivity index (χ0v) is 13.3. The second-order valence-electron chi connectivity index (χ2n) is 4.79. The van der Waals surface area contributed by atoms with Gasteiger partial charge in [-0.25, -0.2) is 4.63 Å². The number of alkyl halides is 3. The van der Waals surface area contributed by atoms with Crippen LogP contribution in [0.2, 0.25) is 10.0 Å². The van der Waals surface area contributed by atoms with Gasteiger partial charge in [-0.05, 0) is 34.6 Å². The van der Waals surface area contributed by atoms with Crippen LogP contribution < -0.4 is 5.32 Å². The minimum absolute atomic E-state index is 0.0348. The lowest BCUT2D eigenvalue weighted by Gasteiger charge is -2.13. The maximum absolute atomic E-state index is 12.8. The predicted molar refractivity (Wildman–Crippen MR) is 83.2 cm³/mol. The summed E-state index contributed by atoms with van der Waals surface area (Å²) in [6, 6.07) is 3.67. The highest BCUT2D eigenvalue weighted by atomic mass is 35.5. The molecule has 0 bridgehead atoms. The average Bonchev–Trinajstić information content (AvgIpc) is 2.97. The number of halogens is 5. The Labute approximate surface area is 146 Å². The molecule has 0 spiro atoms. The van der Waals surface area contributed by atoms with Gasteiger partial charge in [0.1, 0.15) is 5.69 Å². The molecule has 0 aliphatic heterocycles. The molecular weight excluding hydrogens is 388 g/mol. The quantitative estimate of drug-likeness (QED) is 0.486. The van der Waals surface area contributed by atoms with E-state index >= 15 is 0 Å². The topological polar surface area (TPSA) is 94.1 Å². The summed E-state index contributed by atoms with van der Waals surface area (Å²) in [5.74, 6) is 0. The number of hydrogen-bond donors (Lipinski definition) is 1. The summed E-state index contributed by atoms with van der Waals surface area (Å²) in [7, 11) is 0. The molecule has 0 atom stereocenters. The summed E-state index contributed by atoms with van der Waals surface area (Å²) >= 11 is 11.8. The number of nitrogens with zero attached hydrogens (tertiary/aromatic N) is 3. The van der Waals surface area contributed by atoms with Crippen LogP contribution in [0.4, 0.5) is 30.2 Å². The van der Waals surface area contributed by atoms with Crippen molar-refractivity contribution < 1.29 is 22.7 Å². The van der Waals surface area contributed by atoms with Crippen LogP contribution in [-0.4, -0.2) is 15.2 Å². The van der Waals surface area contributed by atoms with E-state index in [1.165, 1.54) is 0 Å². The van der Waals surface area contributed by atoms with Crippen LogP contribution in [0.1, 0.15) is 5.56 Å². The molecule has 0 amide bonds. The summed E-state index contributed by atoms with van der Waals surface area (Å²) < 4.78 is 43.0. The molecule has 7 nitrogen and oxygen atoms in total. The SMILES string of the molecule is O=[N+]([O-])c1c(Nc2cc(C(F)(F)F)ccc2Cl)cc(Cl)c2nonc12. The molecule has 3 aromatic rings. The zero-order chi connectivity index (χ0) is 18.4. The highest BCUT2D eigenvalue weighted by molar-refractivity contribution is 6.36. The smallest absolute Gasteiger partial charge is 0.349 e. The van der Waals surface area contributed by atoms with Crippen LogP contribution in [0.15, 0.2) is 28.9 Å². The Morgan fingerprint density at radius 3 is 2.40 bits per heavy atom. The Balaban J connectivity index is 2.16. The Morgan fingerprint density at radius 1 is 1.08 bits per heavy atom. The molecule has 1 heterocycles. The fourth-order valence-electron chi connectivity index (χ4n) is 2.11.